The quantitative estimate of drug-likeness (QED) is 0.895. The Hall–Kier alpha value is -2.21. The summed E-state index contributed by atoms with van der Waals surface area (Å²) in [6, 6.07) is 5.21. The van der Waals surface area contributed by atoms with Crippen LogP contribution in [0.4, 0.5) is 4.39 Å². The third-order valence-electron chi connectivity index (χ3n) is 2.35. The molecule has 0 spiro atoms. The molecule has 0 aliphatic carbocycles. The van der Waals surface area contributed by atoms with E-state index in [1.54, 1.807) is 0 Å². The average molecular weight is 266 g/mol. The van der Waals surface area contributed by atoms with Crippen LogP contribution in [0.25, 0.3) is 11.1 Å². The summed E-state index contributed by atoms with van der Waals surface area (Å²) in [5.41, 5.74) is 0.104. The minimum atomic E-state index is -1.38. The summed E-state index contributed by atoms with van der Waals surface area (Å²) in [6.45, 7) is 0. The maximum atomic E-state index is 13.5. The van der Waals surface area contributed by atoms with Gasteiger partial charge >= 0.3 is 11.9 Å². The van der Waals surface area contributed by atoms with Crippen LogP contribution in [0.5, 0.6) is 0 Å². The summed E-state index contributed by atoms with van der Waals surface area (Å²) in [6.07, 6.45) is 0. The maximum absolute atomic E-state index is 13.5. The highest BCUT2D eigenvalue weighted by molar-refractivity contribution is 7.12. The molecule has 0 bridgehead atoms. The average Bonchev–Trinajstić information content (AvgIpc) is 2.77. The minimum absolute atomic E-state index is 0.0746. The normalized spacial score (nSPS) is 10.3. The smallest absolute Gasteiger partial charge is 0.345 e. The molecule has 0 fully saturated rings. The van der Waals surface area contributed by atoms with E-state index in [-0.39, 0.29) is 10.4 Å². The lowest BCUT2D eigenvalue weighted by Crippen LogP contribution is -2.03. The van der Waals surface area contributed by atoms with Crippen molar-refractivity contribution in [2.75, 3.05) is 0 Å². The van der Waals surface area contributed by atoms with Crippen molar-refractivity contribution in [3.05, 3.63) is 45.9 Å². The first-order chi connectivity index (χ1) is 8.50. The van der Waals surface area contributed by atoms with Gasteiger partial charge in [-0.05, 0) is 23.1 Å². The van der Waals surface area contributed by atoms with Crippen molar-refractivity contribution >= 4 is 23.3 Å². The molecule has 18 heavy (non-hydrogen) atoms. The Morgan fingerprint density at radius 3 is 2.44 bits per heavy atom. The topological polar surface area (TPSA) is 74.6 Å². The summed E-state index contributed by atoms with van der Waals surface area (Å²) in [5.74, 6) is -3.33. The van der Waals surface area contributed by atoms with Gasteiger partial charge in [-0.2, -0.15) is 0 Å². The van der Waals surface area contributed by atoms with Gasteiger partial charge in [0.1, 0.15) is 16.3 Å². The van der Waals surface area contributed by atoms with E-state index in [0.29, 0.717) is 5.56 Å². The van der Waals surface area contributed by atoms with Gasteiger partial charge in [-0.25, -0.2) is 14.0 Å². The molecule has 0 aliphatic heterocycles. The summed E-state index contributed by atoms with van der Waals surface area (Å²) in [4.78, 5) is 21.8. The zero-order chi connectivity index (χ0) is 13.3. The number of rotatable bonds is 3. The molecule has 1 aromatic carbocycles. The lowest BCUT2D eigenvalue weighted by Gasteiger charge is -2.04. The third-order valence-corrected chi connectivity index (χ3v) is 3.27. The predicted octanol–water partition coefficient (Wildman–Crippen LogP) is 2.95. The fourth-order valence-electron chi connectivity index (χ4n) is 1.57. The van der Waals surface area contributed by atoms with Crippen LogP contribution in [-0.4, -0.2) is 22.2 Å². The number of hydrogen-bond donors (Lipinski definition) is 2. The zero-order valence-electron chi connectivity index (χ0n) is 8.88. The largest absolute Gasteiger partial charge is 0.478 e. The van der Waals surface area contributed by atoms with Crippen LogP contribution >= 0.6 is 11.3 Å². The van der Waals surface area contributed by atoms with E-state index in [1.807, 2.05) is 0 Å². The highest BCUT2D eigenvalue weighted by atomic mass is 32.1. The molecular formula is C12H7FO4S. The standard InChI is InChI=1S/C12H7FO4S/c13-8-3-1-2-7(10(8)12(16)17)6-4-9(11(14)15)18-5-6/h1-5H,(H,14,15)(H,16,17). The first kappa shape index (κ1) is 12.3. The lowest BCUT2D eigenvalue weighted by atomic mass is 10.0. The molecule has 1 aromatic heterocycles. The van der Waals surface area contributed by atoms with Crippen LogP contribution in [0.15, 0.2) is 29.6 Å². The molecule has 2 aromatic rings. The molecular weight excluding hydrogens is 259 g/mol. The molecule has 0 unspecified atom stereocenters. The third kappa shape index (κ3) is 2.10. The number of aromatic carboxylic acids is 2. The molecule has 0 amide bonds. The maximum Gasteiger partial charge on any atom is 0.345 e. The van der Waals surface area contributed by atoms with Gasteiger partial charge in [-0.15, -0.1) is 11.3 Å². The van der Waals surface area contributed by atoms with Crippen molar-refractivity contribution in [3.8, 4) is 11.1 Å². The van der Waals surface area contributed by atoms with E-state index in [0.717, 1.165) is 17.4 Å². The molecule has 92 valence electrons. The van der Waals surface area contributed by atoms with Gasteiger partial charge in [0.15, 0.2) is 0 Å². The van der Waals surface area contributed by atoms with Crippen molar-refractivity contribution in [1.82, 2.24) is 0 Å². The van der Waals surface area contributed by atoms with E-state index < -0.39 is 23.3 Å². The van der Waals surface area contributed by atoms with Gasteiger partial charge < -0.3 is 10.2 Å². The second kappa shape index (κ2) is 4.58. The predicted molar refractivity (Wildman–Crippen MR) is 63.6 cm³/mol. The Morgan fingerprint density at radius 1 is 1.17 bits per heavy atom. The van der Waals surface area contributed by atoms with Crippen molar-refractivity contribution in [3.63, 3.8) is 0 Å². The van der Waals surface area contributed by atoms with Gasteiger partial charge in [0.2, 0.25) is 0 Å². The highest BCUT2D eigenvalue weighted by Gasteiger charge is 2.18. The first-order valence-corrected chi connectivity index (χ1v) is 5.72. The van der Waals surface area contributed by atoms with Crippen LogP contribution in [0.3, 0.4) is 0 Å². The zero-order valence-corrected chi connectivity index (χ0v) is 9.70. The van der Waals surface area contributed by atoms with Gasteiger partial charge in [0, 0.05) is 5.56 Å². The number of benzene rings is 1. The molecule has 6 heteroatoms. The monoisotopic (exact) mass is 266 g/mol. The van der Waals surface area contributed by atoms with E-state index in [9.17, 15) is 14.0 Å². The Bertz CT molecular complexity index is 633. The summed E-state index contributed by atoms with van der Waals surface area (Å²) < 4.78 is 13.5. The molecule has 2 rings (SSSR count). The fourth-order valence-corrected chi connectivity index (χ4v) is 2.32. The van der Waals surface area contributed by atoms with E-state index >= 15 is 0 Å². The number of halogens is 1. The Balaban J connectivity index is 2.59. The molecule has 0 aliphatic rings. The van der Waals surface area contributed by atoms with Crippen LogP contribution < -0.4 is 0 Å². The molecule has 1 heterocycles. The first-order valence-electron chi connectivity index (χ1n) is 4.84. The number of hydrogen-bond acceptors (Lipinski definition) is 3. The molecule has 0 saturated carbocycles. The highest BCUT2D eigenvalue weighted by Crippen LogP contribution is 2.29. The number of carboxylic acids is 2. The van der Waals surface area contributed by atoms with Gasteiger partial charge in [-0.1, -0.05) is 12.1 Å². The number of carbonyl (C=O) groups is 2. The van der Waals surface area contributed by atoms with Crippen molar-refractivity contribution in [2.24, 2.45) is 0 Å². The fraction of sp³-hybridized carbons (Fsp3) is 0. The molecule has 0 atom stereocenters. The van der Waals surface area contributed by atoms with Crippen LogP contribution in [0.1, 0.15) is 20.0 Å². The molecule has 0 radical (unpaired) electrons. The Labute approximate surface area is 105 Å². The summed E-state index contributed by atoms with van der Waals surface area (Å²) in [7, 11) is 0. The van der Waals surface area contributed by atoms with Crippen molar-refractivity contribution in [2.45, 2.75) is 0 Å². The second-order valence-electron chi connectivity index (χ2n) is 3.47. The Morgan fingerprint density at radius 2 is 1.89 bits per heavy atom. The van der Waals surface area contributed by atoms with Gasteiger partial charge in [0.25, 0.3) is 0 Å². The number of thiophene rings is 1. The van der Waals surface area contributed by atoms with E-state index in [2.05, 4.69) is 0 Å². The molecule has 4 nitrogen and oxygen atoms in total. The second-order valence-corrected chi connectivity index (χ2v) is 4.38. The van der Waals surface area contributed by atoms with Crippen molar-refractivity contribution in [1.29, 1.82) is 0 Å². The van der Waals surface area contributed by atoms with Crippen LogP contribution in [-0.2, 0) is 0 Å². The van der Waals surface area contributed by atoms with Crippen LogP contribution in [0, 0.1) is 5.82 Å². The Kier molecular flexibility index (Phi) is 3.12. The van der Waals surface area contributed by atoms with Crippen LogP contribution in [0.2, 0.25) is 0 Å². The molecule has 2 N–H and O–H groups in total. The minimum Gasteiger partial charge on any atom is -0.478 e. The lowest BCUT2D eigenvalue weighted by molar-refractivity contribution is 0.0686. The van der Waals surface area contributed by atoms with Gasteiger partial charge in [0.05, 0.1) is 0 Å². The summed E-state index contributed by atoms with van der Waals surface area (Å²) in [5, 5.41) is 19.3. The molecule has 0 saturated heterocycles. The van der Waals surface area contributed by atoms with E-state index in [4.69, 9.17) is 10.2 Å². The van der Waals surface area contributed by atoms with Crippen molar-refractivity contribution < 1.29 is 24.2 Å². The number of carboxylic acid groups (broad SMARTS) is 2. The van der Waals surface area contributed by atoms with Gasteiger partial charge in [-0.3, -0.25) is 0 Å². The summed E-state index contributed by atoms with van der Waals surface area (Å²) >= 11 is 0.964. The SMILES string of the molecule is O=C(O)c1cc(-c2cccc(F)c2C(=O)O)cs1. The van der Waals surface area contributed by atoms with E-state index in [1.165, 1.54) is 23.6 Å².